The van der Waals surface area contributed by atoms with Crippen LogP contribution < -0.4 is 5.32 Å². The number of nitrogens with one attached hydrogen (secondary N) is 1. The molecule has 2 aliphatic heterocycles. The summed E-state index contributed by atoms with van der Waals surface area (Å²) in [5.74, 6) is -0.942. The number of piperidine rings is 1. The van der Waals surface area contributed by atoms with Gasteiger partial charge >= 0.3 is 12.0 Å². The van der Waals surface area contributed by atoms with E-state index in [1.165, 1.54) is 0 Å². The summed E-state index contributed by atoms with van der Waals surface area (Å²) in [6.07, 6.45) is 0.171. The van der Waals surface area contributed by atoms with Crippen molar-refractivity contribution in [3.63, 3.8) is 0 Å². The topological polar surface area (TPSA) is 99.1 Å². The zero-order chi connectivity index (χ0) is 14.9. The van der Waals surface area contributed by atoms with Crippen molar-refractivity contribution in [3.8, 4) is 0 Å². The van der Waals surface area contributed by atoms with Crippen molar-refractivity contribution in [2.45, 2.75) is 32.4 Å². The quantitative estimate of drug-likeness (QED) is 0.658. The van der Waals surface area contributed by atoms with Crippen molar-refractivity contribution in [3.05, 3.63) is 0 Å². The third-order valence-electron chi connectivity index (χ3n) is 4.39. The number of amides is 2. The molecule has 0 aromatic carbocycles. The predicted octanol–water partition coefficient (Wildman–Crippen LogP) is -0.112. The van der Waals surface area contributed by atoms with Gasteiger partial charge in [-0.1, -0.05) is 6.92 Å². The fourth-order valence-corrected chi connectivity index (χ4v) is 2.64. The summed E-state index contributed by atoms with van der Waals surface area (Å²) in [6, 6.07) is -0.818. The van der Waals surface area contributed by atoms with Crippen molar-refractivity contribution >= 4 is 12.0 Å². The highest BCUT2D eigenvalue weighted by molar-refractivity contribution is 5.79. The number of rotatable bonds is 2. The molecule has 0 bridgehead atoms. The Bertz CT molecular complexity index is 402. The highest BCUT2D eigenvalue weighted by Gasteiger charge is 2.47. The van der Waals surface area contributed by atoms with Crippen LogP contribution in [0.1, 0.15) is 20.3 Å². The van der Waals surface area contributed by atoms with E-state index in [1.807, 2.05) is 6.92 Å². The van der Waals surface area contributed by atoms with Gasteiger partial charge in [0, 0.05) is 13.1 Å². The lowest BCUT2D eigenvalue weighted by molar-refractivity contribution is -0.148. The maximum Gasteiger partial charge on any atom is 0.317 e. The van der Waals surface area contributed by atoms with Crippen LogP contribution in [-0.2, 0) is 9.53 Å². The van der Waals surface area contributed by atoms with Crippen LogP contribution in [0.3, 0.4) is 0 Å². The van der Waals surface area contributed by atoms with Gasteiger partial charge in [-0.2, -0.15) is 0 Å². The van der Waals surface area contributed by atoms with Crippen LogP contribution in [0.4, 0.5) is 4.79 Å². The number of urea groups is 1. The average molecular weight is 286 g/mol. The van der Waals surface area contributed by atoms with Gasteiger partial charge in [-0.3, -0.25) is 4.79 Å². The molecule has 0 saturated carbocycles. The van der Waals surface area contributed by atoms with E-state index in [0.29, 0.717) is 19.5 Å². The first-order valence-corrected chi connectivity index (χ1v) is 6.89. The standard InChI is InChI=1S/C13H22N2O5/c1-8-5-15(4-3-9(8)16)12(19)14-10-6-20-7-13(10,2)11(17)18/h8-10,16H,3-7H2,1-2H3,(H,14,19)(H,17,18). The van der Waals surface area contributed by atoms with E-state index in [1.54, 1.807) is 11.8 Å². The van der Waals surface area contributed by atoms with Gasteiger partial charge in [0.25, 0.3) is 0 Å². The summed E-state index contributed by atoms with van der Waals surface area (Å²) in [7, 11) is 0. The molecule has 0 aromatic heterocycles. The second-order valence-corrected chi connectivity index (χ2v) is 6.02. The molecular formula is C13H22N2O5. The molecule has 2 amide bonds. The Hall–Kier alpha value is -1.34. The first-order chi connectivity index (χ1) is 9.34. The fraction of sp³-hybridized carbons (Fsp3) is 0.846. The highest BCUT2D eigenvalue weighted by Crippen LogP contribution is 2.29. The van der Waals surface area contributed by atoms with Crippen LogP contribution in [0.25, 0.3) is 0 Å². The Morgan fingerprint density at radius 1 is 1.45 bits per heavy atom. The number of aliphatic carboxylic acids is 1. The molecule has 0 aromatic rings. The summed E-state index contributed by atoms with van der Waals surface area (Å²) in [6.45, 7) is 4.74. The second-order valence-electron chi connectivity index (χ2n) is 6.02. The van der Waals surface area contributed by atoms with Crippen LogP contribution >= 0.6 is 0 Å². The van der Waals surface area contributed by atoms with Crippen molar-refractivity contribution in [2.75, 3.05) is 26.3 Å². The third-order valence-corrected chi connectivity index (χ3v) is 4.39. The molecule has 0 radical (unpaired) electrons. The van der Waals surface area contributed by atoms with E-state index in [0.717, 1.165) is 0 Å². The van der Waals surface area contributed by atoms with E-state index in [4.69, 9.17) is 4.74 Å². The molecule has 2 rings (SSSR count). The molecule has 0 spiro atoms. The number of nitrogens with zero attached hydrogens (tertiary/aromatic N) is 1. The van der Waals surface area contributed by atoms with Gasteiger partial charge in [-0.15, -0.1) is 0 Å². The highest BCUT2D eigenvalue weighted by atomic mass is 16.5. The van der Waals surface area contributed by atoms with Crippen LogP contribution in [0.5, 0.6) is 0 Å². The monoisotopic (exact) mass is 286 g/mol. The Kier molecular flexibility index (Phi) is 4.19. The number of likely N-dealkylation sites (tertiary alicyclic amines) is 1. The van der Waals surface area contributed by atoms with Crippen molar-refractivity contribution < 1.29 is 24.5 Å². The average Bonchev–Trinajstić information content (AvgIpc) is 2.75. The molecule has 7 nitrogen and oxygen atoms in total. The van der Waals surface area contributed by atoms with E-state index in [-0.39, 0.29) is 31.3 Å². The van der Waals surface area contributed by atoms with E-state index in [2.05, 4.69) is 5.32 Å². The number of carbonyl (C=O) groups is 2. The Labute approximate surface area is 117 Å². The van der Waals surface area contributed by atoms with Gasteiger partial charge in [-0.05, 0) is 19.3 Å². The molecule has 2 aliphatic rings. The van der Waals surface area contributed by atoms with Crippen molar-refractivity contribution in [1.82, 2.24) is 10.2 Å². The van der Waals surface area contributed by atoms with E-state index >= 15 is 0 Å². The van der Waals surface area contributed by atoms with Crippen molar-refractivity contribution in [2.24, 2.45) is 11.3 Å². The van der Waals surface area contributed by atoms with Crippen LogP contribution in [0.2, 0.25) is 0 Å². The summed E-state index contributed by atoms with van der Waals surface area (Å²) >= 11 is 0. The third kappa shape index (κ3) is 2.73. The lowest BCUT2D eigenvalue weighted by atomic mass is 9.85. The summed E-state index contributed by atoms with van der Waals surface area (Å²) < 4.78 is 5.21. The molecule has 4 atom stereocenters. The molecule has 0 aliphatic carbocycles. The number of hydrogen-bond acceptors (Lipinski definition) is 4. The van der Waals surface area contributed by atoms with E-state index in [9.17, 15) is 19.8 Å². The smallest absolute Gasteiger partial charge is 0.317 e. The predicted molar refractivity (Wildman–Crippen MR) is 70.2 cm³/mol. The van der Waals surface area contributed by atoms with Gasteiger partial charge in [0.2, 0.25) is 0 Å². The number of carbonyl (C=O) groups excluding carboxylic acids is 1. The van der Waals surface area contributed by atoms with Crippen LogP contribution in [0, 0.1) is 11.3 Å². The minimum Gasteiger partial charge on any atom is -0.481 e. The maximum absolute atomic E-state index is 12.2. The molecule has 114 valence electrons. The lowest BCUT2D eigenvalue weighted by Gasteiger charge is -2.36. The molecule has 3 N–H and O–H groups in total. The second kappa shape index (κ2) is 5.57. The zero-order valence-corrected chi connectivity index (χ0v) is 11.8. The van der Waals surface area contributed by atoms with E-state index < -0.39 is 17.4 Å². The van der Waals surface area contributed by atoms with Crippen LogP contribution in [-0.4, -0.2) is 65.6 Å². The maximum atomic E-state index is 12.2. The van der Waals surface area contributed by atoms with Gasteiger partial charge in [0.1, 0.15) is 5.41 Å². The number of aliphatic hydroxyl groups excluding tert-OH is 1. The number of ether oxygens (including phenoxy) is 1. The summed E-state index contributed by atoms with van der Waals surface area (Å²) in [5.41, 5.74) is -1.09. The molecule has 2 fully saturated rings. The number of carboxylic acid groups (broad SMARTS) is 1. The number of carboxylic acids is 1. The first-order valence-electron chi connectivity index (χ1n) is 6.89. The van der Waals surface area contributed by atoms with Crippen LogP contribution in [0.15, 0.2) is 0 Å². The normalized spacial score (nSPS) is 37.8. The Morgan fingerprint density at radius 2 is 2.15 bits per heavy atom. The van der Waals surface area contributed by atoms with Crippen molar-refractivity contribution in [1.29, 1.82) is 0 Å². The lowest BCUT2D eigenvalue weighted by Crippen LogP contribution is -2.55. The minimum atomic E-state index is -1.09. The molecular weight excluding hydrogens is 264 g/mol. The molecule has 4 unspecified atom stereocenters. The molecule has 2 saturated heterocycles. The first kappa shape index (κ1) is 15.1. The Balaban J connectivity index is 1.96. The SMILES string of the molecule is CC1CN(C(=O)NC2COCC2(C)C(=O)O)CCC1O. The number of hydrogen-bond donors (Lipinski definition) is 3. The molecule has 2 heterocycles. The number of aliphatic hydroxyl groups is 1. The molecule has 20 heavy (non-hydrogen) atoms. The van der Waals surface area contributed by atoms with Gasteiger partial charge in [0.15, 0.2) is 0 Å². The zero-order valence-electron chi connectivity index (χ0n) is 11.8. The fourth-order valence-electron chi connectivity index (χ4n) is 2.64. The Morgan fingerprint density at radius 3 is 2.75 bits per heavy atom. The summed E-state index contributed by atoms with van der Waals surface area (Å²) in [4.78, 5) is 25.1. The minimum absolute atomic E-state index is 0.0279. The summed E-state index contributed by atoms with van der Waals surface area (Å²) in [5, 5.41) is 21.7. The van der Waals surface area contributed by atoms with Gasteiger partial charge < -0.3 is 25.2 Å². The van der Waals surface area contributed by atoms with Gasteiger partial charge in [-0.25, -0.2) is 4.79 Å². The molecule has 7 heteroatoms. The van der Waals surface area contributed by atoms with Gasteiger partial charge in [0.05, 0.1) is 25.4 Å². The largest absolute Gasteiger partial charge is 0.481 e.